The minimum absolute atomic E-state index is 0.0436. The highest BCUT2D eigenvalue weighted by molar-refractivity contribution is 5.77. The van der Waals surface area contributed by atoms with E-state index in [1.54, 1.807) is 0 Å². The van der Waals surface area contributed by atoms with E-state index in [0.29, 0.717) is 6.07 Å². The second-order valence-corrected chi connectivity index (χ2v) is 4.98. The Balaban J connectivity index is 2.40. The van der Waals surface area contributed by atoms with Gasteiger partial charge in [-0.3, -0.25) is 14.9 Å². The van der Waals surface area contributed by atoms with Crippen molar-refractivity contribution in [2.45, 2.75) is 13.0 Å². The normalized spacial score (nSPS) is 24.8. The van der Waals surface area contributed by atoms with Crippen LogP contribution in [0.1, 0.15) is 6.92 Å². The zero-order valence-electron chi connectivity index (χ0n) is 10.9. The van der Waals surface area contributed by atoms with E-state index in [0.717, 1.165) is 6.07 Å². The van der Waals surface area contributed by atoms with E-state index < -0.39 is 45.4 Å². The molecule has 0 amide bonds. The number of halogens is 2. The Labute approximate surface area is 117 Å². The molecule has 2 N–H and O–H groups in total. The van der Waals surface area contributed by atoms with Gasteiger partial charge in [-0.25, -0.2) is 4.39 Å². The van der Waals surface area contributed by atoms with Crippen LogP contribution in [0.4, 0.5) is 20.2 Å². The number of anilines is 1. The van der Waals surface area contributed by atoms with Gasteiger partial charge < -0.3 is 15.2 Å². The summed E-state index contributed by atoms with van der Waals surface area (Å²) in [6.45, 7) is 1.24. The minimum Gasteiger partial charge on any atom is -0.481 e. The van der Waals surface area contributed by atoms with E-state index in [9.17, 15) is 28.8 Å². The van der Waals surface area contributed by atoms with E-state index in [2.05, 4.69) is 5.32 Å². The molecule has 9 heteroatoms. The van der Waals surface area contributed by atoms with Crippen LogP contribution in [-0.2, 0) is 9.53 Å². The molecule has 1 aromatic carbocycles. The standard InChI is InChI=1S/C12H12F2N2O5/c1-12(11(17)18)5-21-4-9(12)15-8-3-6(13)2-7(14)10(8)16(19)20/h2-3,9,15H,4-5H2,1H3,(H,17,18). The van der Waals surface area contributed by atoms with Gasteiger partial charge in [-0.2, -0.15) is 4.39 Å². The molecule has 1 aromatic rings. The number of nitrogens with one attached hydrogen (secondary N) is 1. The fourth-order valence-electron chi connectivity index (χ4n) is 2.13. The van der Waals surface area contributed by atoms with Crippen LogP contribution in [0, 0.1) is 27.2 Å². The average Bonchev–Trinajstić information content (AvgIpc) is 2.70. The first-order valence-corrected chi connectivity index (χ1v) is 5.97. The Hall–Kier alpha value is -2.29. The number of ether oxygens (including phenoxy) is 1. The molecule has 0 spiro atoms. The van der Waals surface area contributed by atoms with Gasteiger partial charge in [0.1, 0.15) is 16.9 Å². The molecule has 1 heterocycles. The van der Waals surface area contributed by atoms with Gasteiger partial charge in [0.15, 0.2) is 0 Å². The van der Waals surface area contributed by atoms with E-state index >= 15 is 0 Å². The summed E-state index contributed by atoms with van der Waals surface area (Å²) in [5, 5.41) is 22.6. The van der Waals surface area contributed by atoms with Crippen molar-refractivity contribution >= 4 is 17.3 Å². The van der Waals surface area contributed by atoms with Crippen LogP contribution in [-0.4, -0.2) is 35.3 Å². The fraction of sp³-hybridized carbons (Fsp3) is 0.417. The minimum atomic E-state index is -1.35. The predicted octanol–water partition coefficient (Wildman–Crippen LogP) is 1.77. The zero-order valence-corrected chi connectivity index (χ0v) is 10.9. The topological polar surface area (TPSA) is 102 Å². The van der Waals surface area contributed by atoms with Crippen molar-refractivity contribution in [2.24, 2.45) is 5.41 Å². The van der Waals surface area contributed by atoms with Crippen molar-refractivity contribution in [3.63, 3.8) is 0 Å². The molecular formula is C12H12F2N2O5. The third-order valence-corrected chi connectivity index (χ3v) is 3.48. The summed E-state index contributed by atoms with van der Waals surface area (Å²) >= 11 is 0. The lowest BCUT2D eigenvalue weighted by atomic mass is 9.85. The van der Waals surface area contributed by atoms with Gasteiger partial charge >= 0.3 is 11.7 Å². The molecule has 0 saturated carbocycles. The first-order valence-electron chi connectivity index (χ1n) is 5.97. The number of nitro groups is 1. The Morgan fingerprint density at radius 2 is 2.24 bits per heavy atom. The molecule has 1 aliphatic heterocycles. The third-order valence-electron chi connectivity index (χ3n) is 3.48. The third kappa shape index (κ3) is 2.64. The first-order chi connectivity index (χ1) is 9.75. The molecular weight excluding hydrogens is 290 g/mol. The summed E-state index contributed by atoms with van der Waals surface area (Å²) in [5.74, 6) is -3.51. The van der Waals surface area contributed by atoms with E-state index in [-0.39, 0.29) is 13.2 Å². The number of aliphatic carboxylic acids is 1. The first kappa shape index (κ1) is 15.1. The highest BCUT2D eigenvalue weighted by atomic mass is 19.1. The molecule has 1 saturated heterocycles. The highest BCUT2D eigenvalue weighted by Crippen LogP contribution is 2.35. The van der Waals surface area contributed by atoms with Gasteiger partial charge in [-0.05, 0) is 6.92 Å². The largest absolute Gasteiger partial charge is 0.481 e. The summed E-state index contributed by atoms with van der Waals surface area (Å²) in [5.41, 5.74) is -2.70. The van der Waals surface area contributed by atoms with Crippen LogP contribution < -0.4 is 5.32 Å². The Bertz CT molecular complexity index is 610. The van der Waals surface area contributed by atoms with Crippen molar-refractivity contribution in [3.05, 3.63) is 33.9 Å². The van der Waals surface area contributed by atoms with Crippen LogP contribution in [0.15, 0.2) is 12.1 Å². The van der Waals surface area contributed by atoms with Gasteiger partial charge in [0.2, 0.25) is 5.82 Å². The Morgan fingerprint density at radius 3 is 2.81 bits per heavy atom. The van der Waals surface area contributed by atoms with Crippen LogP contribution in [0.3, 0.4) is 0 Å². The molecule has 0 bridgehead atoms. The lowest BCUT2D eigenvalue weighted by Crippen LogP contribution is -2.43. The molecule has 2 unspecified atom stereocenters. The van der Waals surface area contributed by atoms with Gasteiger partial charge in [-0.15, -0.1) is 0 Å². The van der Waals surface area contributed by atoms with Crippen LogP contribution in [0.5, 0.6) is 0 Å². The van der Waals surface area contributed by atoms with Crippen LogP contribution in [0.25, 0.3) is 0 Å². The maximum Gasteiger partial charge on any atom is 0.327 e. The van der Waals surface area contributed by atoms with Crippen molar-refractivity contribution < 1.29 is 28.3 Å². The molecule has 2 atom stereocenters. The molecule has 0 aliphatic carbocycles. The maximum absolute atomic E-state index is 13.5. The fourth-order valence-corrected chi connectivity index (χ4v) is 2.13. The number of hydrogen-bond donors (Lipinski definition) is 2. The van der Waals surface area contributed by atoms with E-state index in [1.807, 2.05) is 0 Å². The Kier molecular flexibility index (Phi) is 3.77. The van der Waals surface area contributed by atoms with Crippen LogP contribution in [0.2, 0.25) is 0 Å². The average molecular weight is 302 g/mol. The number of benzene rings is 1. The SMILES string of the molecule is CC1(C(=O)O)COCC1Nc1cc(F)cc(F)c1[N+](=O)[O-]. The molecule has 0 radical (unpaired) electrons. The lowest BCUT2D eigenvalue weighted by Gasteiger charge is -2.26. The number of carboxylic acid groups (broad SMARTS) is 1. The number of hydrogen-bond acceptors (Lipinski definition) is 5. The highest BCUT2D eigenvalue weighted by Gasteiger charge is 2.47. The molecule has 1 fully saturated rings. The van der Waals surface area contributed by atoms with E-state index in [1.165, 1.54) is 6.92 Å². The van der Waals surface area contributed by atoms with Gasteiger partial charge in [0.25, 0.3) is 0 Å². The monoisotopic (exact) mass is 302 g/mol. The molecule has 2 rings (SSSR count). The number of carboxylic acids is 1. The maximum atomic E-state index is 13.5. The van der Waals surface area contributed by atoms with Gasteiger partial charge in [0, 0.05) is 12.1 Å². The lowest BCUT2D eigenvalue weighted by molar-refractivity contribution is -0.386. The van der Waals surface area contributed by atoms with Crippen molar-refractivity contribution in [3.8, 4) is 0 Å². The number of carbonyl (C=O) groups is 1. The quantitative estimate of drug-likeness (QED) is 0.649. The summed E-state index contributed by atoms with van der Waals surface area (Å²) < 4.78 is 31.8. The van der Waals surface area contributed by atoms with E-state index in [4.69, 9.17) is 4.74 Å². The molecule has 21 heavy (non-hydrogen) atoms. The summed E-state index contributed by atoms with van der Waals surface area (Å²) in [6.07, 6.45) is 0. The summed E-state index contributed by atoms with van der Waals surface area (Å²) in [6, 6.07) is 0.294. The van der Waals surface area contributed by atoms with Crippen molar-refractivity contribution in [2.75, 3.05) is 18.5 Å². The molecule has 1 aliphatic rings. The summed E-state index contributed by atoms with van der Waals surface area (Å²) in [7, 11) is 0. The second-order valence-electron chi connectivity index (χ2n) is 4.98. The van der Waals surface area contributed by atoms with Gasteiger partial charge in [-0.1, -0.05) is 0 Å². The summed E-state index contributed by atoms with van der Waals surface area (Å²) in [4.78, 5) is 21.2. The van der Waals surface area contributed by atoms with Crippen molar-refractivity contribution in [1.29, 1.82) is 0 Å². The zero-order chi connectivity index (χ0) is 15.8. The Morgan fingerprint density at radius 1 is 1.57 bits per heavy atom. The second kappa shape index (κ2) is 5.24. The van der Waals surface area contributed by atoms with Crippen LogP contribution >= 0.6 is 0 Å². The smallest absolute Gasteiger partial charge is 0.327 e. The molecule has 0 aromatic heterocycles. The molecule has 7 nitrogen and oxygen atoms in total. The molecule has 114 valence electrons. The number of nitrogens with zero attached hydrogens (tertiary/aromatic N) is 1. The van der Waals surface area contributed by atoms with Crippen molar-refractivity contribution in [1.82, 2.24) is 0 Å². The number of nitro benzene ring substituents is 1. The van der Waals surface area contributed by atoms with Gasteiger partial charge in [0.05, 0.1) is 24.2 Å². The number of rotatable bonds is 4. The predicted molar refractivity (Wildman–Crippen MR) is 67.0 cm³/mol.